The monoisotopic (exact) mass is 415 g/mol. The van der Waals surface area contributed by atoms with Crippen molar-refractivity contribution in [1.29, 1.82) is 0 Å². The lowest BCUT2D eigenvalue weighted by atomic mass is 9.60. The zero-order valence-electron chi connectivity index (χ0n) is 18.5. The van der Waals surface area contributed by atoms with Crippen LogP contribution in [0.1, 0.15) is 50.4 Å². The van der Waals surface area contributed by atoms with Crippen molar-refractivity contribution < 1.29 is 14.0 Å². The SMILES string of the molecule is CCN1CC[C@@]2(CN(CC(C)C)CC23CCN(C(=O)c2cccc(F)c2)CC3)C1=O. The number of carbonyl (C=O) groups is 2. The number of nitrogens with zero attached hydrogens (tertiary/aromatic N) is 3. The van der Waals surface area contributed by atoms with E-state index >= 15 is 0 Å². The maximum absolute atomic E-state index is 13.6. The summed E-state index contributed by atoms with van der Waals surface area (Å²) in [7, 11) is 0. The van der Waals surface area contributed by atoms with Crippen molar-refractivity contribution in [1.82, 2.24) is 14.7 Å². The lowest BCUT2D eigenvalue weighted by Gasteiger charge is -2.47. The van der Waals surface area contributed by atoms with Crippen LogP contribution in [0.5, 0.6) is 0 Å². The van der Waals surface area contributed by atoms with Gasteiger partial charge in [-0.1, -0.05) is 19.9 Å². The highest BCUT2D eigenvalue weighted by Crippen LogP contribution is 2.57. The molecule has 0 radical (unpaired) electrons. The Balaban J connectivity index is 1.55. The van der Waals surface area contributed by atoms with Crippen molar-refractivity contribution >= 4 is 11.8 Å². The Morgan fingerprint density at radius 2 is 1.87 bits per heavy atom. The van der Waals surface area contributed by atoms with Crippen molar-refractivity contribution in [3.8, 4) is 0 Å². The third-order valence-electron chi connectivity index (χ3n) is 7.62. The Morgan fingerprint density at radius 3 is 2.47 bits per heavy atom. The number of carbonyl (C=O) groups excluding carboxylic acids is 2. The van der Waals surface area contributed by atoms with Crippen LogP contribution in [0.3, 0.4) is 0 Å². The molecular weight excluding hydrogens is 381 g/mol. The highest BCUT2D eigenvalue weighted by molar-refractivity contribution is 5.94. The number of hydrogen-bond acceptors (Lipinski definition) is 3. The van der Waals surface area contributed by atoms with Gasteiger partial charge in [0.05, 0.1) is 5.41 Å². The van der Waals surface area contributed by atoms with Crippen LogP contribution < -0.4 is 0 Å². The van der Waals surface area contributed by atoms with Gasteiger partial charge >= 0.3 is 0 Å². The molecule has 2 amide bonds. The van der Waals surface area contributed by atoms with Crippen molar-refractivity contribution in [3.05, 3.63) is 35.6 Å². The average molecular weight is 416 g/mol. The van der Waals surface area contributed by atoms with Gasteiger partial charge in [0.1, 0.15) is 5.82 Å². The molecule has 0 saturated carbocycles. The van der Waals surface area contributed by atoms with Gasteiger partial charge in [0, 0.05) is 56.8 Å². The van der Waals surface area contributed by atoms with Gasteiger partial charge in [-0.2, -0.15) is 0 Å². The summed E-state index contributed by atoms with van der Waals surface area (Å²) in [6.07, 6.45) is 2.60. The van der Waals surface area contributed by atoms with Gasteiger partial charge in [-0.3, -0.25) is 9.59 Å². The summed E-state index contributed by atoms with van der Waals surface area (Å²) in [5.41, 5.74) is 0.0238. The molecule has 30 heavy (non-hydrogen) atoms. The van der Waals surface area contributed by atoms with E-state index in [0.717, 1.165) is 52.0 Å². The van der Waals surface area contributed by atoms with Gasteiger partial charge < -0.3 is 14.7 Å². The molecule has 1 aromatic rings. The Bertz CT molecular complexity index is 818. The maximum Gasteiger partial charge on any atom is 0.253 e. The predicted molar refractivity (Wildman–Crippen MR) is 115 cm³/mol. The number of hydrogen-bond donors (Lipinski definition) is 0. The third kappa shape index (κ3) is 3.43. The summed E-state index contributed by atoms with van der Waals surface area (Å²) < 4.78 is 13.6. The normalized spacial score (nSPS) is 26.5. The number of benzene rings is 1. The summed E-state index contributed by atoms with van der Waals surface area (Å²) in [6.45, 7) is 12.2. The molecule has 4 rings (SSSR count). The number of fused-ring (bicyclic) bond motifs is 1. The fourth-order valence-electron chi connectivity index (χ4n) is 6.19. The Morgan fingerprint density at radius 1 is 1.13 bits per heavy atom. The summed E-state index contributed by atoms with van der Waals surface area (Å²) in [6, 6.07) is 5.93. The fourth-order valence-corrected chi connectivity index (χ4v) is 6.19. The molecule has 3 saturated heterocycles. The molecule has 0 unspecified atom stereocenters. The molecule has 3 aliphatic rings. The second-order valence-electron chi connectivity index (χ2n) is 9.86. The van der Waals surface area contributed by atoms with Crippen molar-refractivity contribution in [2.75, 3.05) is 45.8 Å². The van der Waals surface area contributed by atoms with Gasteiger partial charge in [-0.25, -0.2) is 4.39 Å². The molecule has 5 nitrogen and oxygen atoms in total. The van der Waals surface area contributed by atoms with Crippen LogP contribution in [0.25, 0.3) is 0 Å². The third-order valence-corrected chi connectivity index (χ3v) is 7.62. The number of likely N-dealkylation sites (tertiary alicyclic amines) is 3. The van der Waals surface area contributed by atoms with E-state index in [-0.39, 0.29) is 22.6 Å². The summed E-state index contributed by atoms with van der Waals surface area (Å²) in [5, 5.41) is 0. The highest BCUT2D eigenvalue weighted by atomic mass is 19.1. The average Bonchev–Trinajstić information content (AvgIpc) is 3.19. The zero-order chi connectivity index (χ0) is 21.5. The molecule has 0 aliphatic carbocycles. The molecule has 3 fully saturated rings. The van der Waals surface area contributed by atoms with E-state index in [0.29, 0.717) is 30.5 Å². The van der Waals surface area contributed by atoms with E-state index in [4.69, 9.17) is 0 Å². The molecule has 2 spiro atoms. The minimum atomic E-state index is -0.385. The van der Waals surface area contributed by atoms with E-state index in [1.54, 1.807) is 12.1 Å². The van der Waals surface area contributed by atoms with E-state index in [9.17, 15) is 14.0 Å². The van der Waals surface area contributed by atoms with Crippen LogP contribution in [0, 0.1) is 22.6 Å². The Hall–Kier alpha value is -1.95. The molecule has 6 heteroatoms. The quantitative estimate of drug-likeness (QED) is 0.758. The van der Waals surface area contributed by atoms with E-state index < -0.39 is 0 Å². The Labute approximate surface area is 179 Å². The fraction of sp³-hybridized carbons (Fsp3) is 0.667. The second kappa shape index (κ2) is 7.95. The van der Waals surface area contributed by atoms with Gasteiger partial charge in [0.2, 0.25) is 5.91 Å². The van der Waals surface area contributed by atoms with Crippen LogP contribution >= 0.6 is 0 Å². The second-order valence-corrected chi connectivity index (χ2v) is 9.86. The number of piperidine rings is 1. The molecule has 0 N–H and O–H groups in total. The van der Waals surface area contributed by atoms with Crippen LogP contribution in [0.2, 0.25) is 0 Å². The maximum atomic E-state index is 13.6. The molecule has 0 bridgehead atoms. The van der Waals surface area contributed by atoms with Gasteiger partial charge in [0.25, 0.3) is 5.91 Å². The first-order valence-electron chi connectivity index (χ1n) is 11.4. The van der Waals surface area contributed by atoms with Crippen molar-refractivity contribution in [2.45, 2.75) is 40.0 Å². The van der Waals surface area contributed by atoms with Crippen molar-refractivity contribution in [3.63, 3.8) is 0 Å². The van der Waals surface area contributed by atoms with Crippen LogP contribution in [-0.2, 0) is 4.79 Å². The lowest BCUT2D eigenvalue weighted by Crippen LogP contribution is -2.53. The van der Waals surface area contributed by atoms with Gasteiger partial charge in [0.15, 0.2) is 0 Å². The van der Waals surface area contributed by atoms with Gasteiger partial charge in [-0.15, -0.1) is 0 Å². The van der Waals surface area contributed by atoms with Crippen LogP contribution in [0.4, 0.5) is 4.39 Å². The summed E-state index contributed by atoms with van der Waals surface area (Å²) >= 11 is 0. The molecule has 3 aliphatic heterocycles. The molecule has 1 aromatic carbocycles. The highest BCUT2D eigenvalue weighted by Gasteiger charge is 2.64. The number of rotatable bonds is 4. The van der Waals surface area contributed by atoms with Crippen molar-refractivity contribution in [2.24, 2.45) is 16.7 Å². The van der Waals surface area contributed by atoms with Crippen LogP contribution in [-0.4, -0.2) is 72.3 Å². The van der Waals surface area contributed by atoms with Gasteiger partial charge in [-0.05, 0) is 50.3 Å². The topological polar surface area (TPSA) is 43.9 Å². The molecule has 1 atom stereocenters. The van der Waals surface area contributed by atoms with E-state index in [2.05, 4.69) is 25.7 Å². The predicted octanol–water partition coefficient (Wildman–Crippen LogP) is 3.26. The zero-order valence-corrected chi connectivity index (χ0v) is 18.5. The molecule has 0 aromatic heterocycles. The first kappa shape index (κ1) is 21.3. The van der Waals surface area contributed by atoms with E-state index in [1.165, 1.54) is 12.1 Å². The smallest absolute Gasteiger partial charge is 0.253 e. The minimum Gasteiger partial charge on any atom is -0.342 e. The number of halogens is 1. The lowest BCUT2D eigenvalue weighted by molar-refractivity contribution is -0.141. The first-order chi connectivity index (χ1) is 14.3. The first-order valence-corrected chi connectivity index (χ1v) is 11.4. The minimum absolute atomic E-state index is 0.0678. The molecular formula is C24H34FN3O2. The van der Waals surface area contributed by atoms with E-state index in [1.807, 2.05) is 9.80 Å². The summed E-state index contributed by atoms with van der Waals surface area (Å²) in [5.74, 6) is 0.389. The Kier molecular flexibility index (Phi) is 5.64. The standard InChI is InChI=1S/C24H34FN3O2/c1-4-27-13-10-24(22(27)30)17-26(15-18(2)3)16-23(24)8-11-28(12-9-23)21(29)19-6-5-7-20(25)14-19/h5-7,14,18H,4,8-13,15-17H2,1-3H3/t24-/m1/s1. The molecule has 3 heterocycles. The number of amides is 2. The summed E-state index contributed by atoms with van der Waals surface area (Å²) in [4.78, 5) is 32.8. The van der Waals surface area contributed by atoms with Crippen LogP contribution in [0.15, 0.2) is 24.3 Å². The largest absolute Gasteiger partial charge is 0.342 e. The molecule has 164 valence electrons.